The average Bonchev–Trinajstić information content (AvgIpc) is 2.48. The van der Waals surface area contributed by atoms with Gasteiger partial charge in [-0.3, -0.25) is 9.69 Å². The number of aromatic hydroxyl groups is 1. The summed E-state index contributed by atoms with van der Waals surface area (Å²) in [5.74, 6) is 0.599. The number of likely N-dealkylation sites (tertiary alicyclic amines) is 1. The predicted octanol–water partition coefficient (Wildman–Crippen LogP) is 3.37. The summed E-state index contributed by atoms with van der Waals surface area (Å²) >= 11 is 0. The second kappa shape index (κ2) is 8.37. The standard InChI is InChI=1S/C18H30N2O2/c1-3-4-5-6-10-20-14-18(22)17(21)11-16(20)13-19-9-7-8-15(2)12-19/h11,14-15,22H,3-10,12-13H2,1-2H3. The molecule has 1 saturated heterocycles. The van der Waals surface area contributed by atoms with Crippen LogP contribution in [0.25, 0.3) is 0 Å². The third kappa shape index (κ3) is 4.87. The summed E-state index contributed by atoms with van der Waals surface area (Å²) in [6.45, 7) is 8.40. The SMILES string of the molecule is CCCCCCn1cc(O)c(=O)cc1CN1CCCC(C)C1. The molecule has 1 aliphatic rings. The minimum atomic E-state index is -0.259. The molecule has 1 N–H and O–H groups in total. The molecular formula is C18H30N2O2. The lowest BCUT2D eigenvalue weighted by Crippen LogP contribution is -2.35. The summed E-state index contributed by atoms with van der Waals surface area (Å²) in [5, 5.41) is 9.73. The minimum absolute atomic E-state index is 0.133. The summed E-state index contributed by atoms with van der Waals surface area (Å²) in [6.07, 6.45) is 8.91. The Bertz CT molecular complexity index is 524. The van der Waals surface area contributed by atoms with Crippen LogP contribution in [-0.4, -0.2) is 27.7 Å². The van der Waals surface area contributed by atoms with Crippen molar-refractivity contribution in [1.82, 2.24) is 9.47 Å². The van der Waals surface area contributed by atoms with E-state index in [-0.39, 0.29) is 11.2 Å². The summed E-state index contributed by atoms with van der Waals surface area (Å²) < 4.78 is 2.08. The van der Waals surface area contributed by atoms with Gasteiger partial charge in [0.25, 0.3) is 0 Å². The molecule has 4 nitrogen and oxygen atoms in total. The molecule has 0 radical (unpaired) electrons. The lowest BCUT2D eigenvalue weighted by Gasteiger charge is -2.31. The van der Waals surface area contributed by atoms with Crippen molar-refractivity contribution < 1.29 is 5.11 Å². The first-order chi connectivity index (χ1) is 10.6. The number of hydrogen-bond acceptors (Lipinski definition) is 3. The fourth-order valence-corrected chi connectivity index (χ4v) is 3.32. The van der Waals surface area contributed by atoms with E-state index in [4.69, 9.17) is 0 Å². The Balaban J connectivity index is 2.06. The van der Waals surface area contributed by atoms with Crippen molar-refractivity contribution in [3.05, 3.63) is 28.2 Å². The first kappa shape index (κ1) is 17.1. The highest BCUT2D eigenvalue weighted by molar-refractivity contribution is 5.20. The summed E-state index contributed by atoms with van der Waals surface area (Å²) in [4.78, 5) is 14.2. The molecule has 1 fully saturated rings. The van der Waals surface area contributed by atoms with Crippen molar-refractivity contribution in [1.29, 1.82) is 0 Å². The molecule has 1 unspecified atom stereocenters. The van der Waals surface area contributed by atoms with Gasteiger partial charge in [0.1, 0.15) is 0 Å². The van der Waals surface area contributed by atoms with E-state index in [1.165, 1.54) is 32.1 Å². The zero-order valence-electron chi connectivity index (χ0n) is 14.1. The minimum Gasteiger partial charge on any atom is -0.503 e. The third-order valence-electron chi connectivity index (χ3n) is 4.58. The molecular weight excluding hydrogens is 276 g/mol. The van der Waals surface area contributed by atoms with Gasteiger partial charge < -0.3 is 9.67 Å². The molecule has 0 bridgehead atoms. The molecule has 1 atom stereocenters. The lowest BCUT2D eigenvalue weighted by molar-refractivity contribution is 0.172. The van der Waals surface area contributed by atoms with Gasteiger partial charge in [-0.15, -0.1) is 0 Å². The van der Waals surface area contributed by atoms with Crippen LogP contribution in [0.3, 0.4) is 0 Å². The van der Waals surface area contributed by atoms with Crippen molar-refractivity contribution in [3.8, 4) is 5.75 Å². The fraction of sp³-hybridized carbons (Fsp3) is 0.722. The van der Waals surface area contributed by atoms with E-state index in [1.54, 1.807) is 12.3 Å². The van der Waals surface area contributed by atoms with E-state index >= 15 is 0 Å². The van der Waals surface area contributed by atoms with E-state index in [0.717, 1.165) is 44.2 Å². The van der Waals surface area contributed by atoms with Crippen LogP contribution in [0.2, 0.25) is 0 Å². The Morgan fingerprint density at radius 3 is 2.86 bits per heavy atom. The van der Waals surface area contributed by atoms with Crippen LogP contribution in [0.5, 0.6) is 5.75 Å². The number of aryl methyl sites for hydroxylation is 1. The van der Waals surface area contributed by atoms with E-state index < -0.39 is 0 Å². The smallest absolute Gasteiger partial charge is 0.223 e. The van der Waals surface area contributed by atoms with Crippen LogP contribution in [0.4, 0.5) is 0 Å². The molecule has 124 valence electrons. The average molecular weight is 306 g/mol. The van der Waals surface area contributed by atoms with Gasteiger partial charge in [0, 0.05) is 31.4 Å². The van der Waals surface area contributed by atoms with E-state index in [9.17, 15) is 9.90 Å². The first-order valence-corrected chi connectivity index (χ1v) is 8.74. The molecule has 1 aromatic heterocycles. The van der Waals surface area contributed by atoms with Gasteiger partial charge in [-0.2, -0.15) is 0 Å². The highest BCUT2D eigenvalue weighted by Crippen LogP contribution is 2.18. The number of hydrogen-bond donors (Lipinski definition) is 1. The summed E-state index contributed by atoms with van der Waals surface area (Å²) in [5.41, 5.74) is 0.776. The zero-order chi connectivity index (χ0) is 15.9. The fourth-order valence-electron chi connectivity index (χ4n) is 3.32. The Morgan fingerprint density at radius 2 is 2.14 bits per heavy atom. The van der Waals surface area contributed by atoms with Gasteiger partial charge in [-0.25, -0.2) is 0 Å². The monoisotopic (exact) mass is 306 g/mol. The van der Waals surface area contributed by atoms with Gasteiger partial charge in [-0.05, 0) is 31.7 Å². The van der Waals surface area contributed by atoms with Crippen molar-refractivity contribution in [2.24, 2.45) is 5.92 Å². The molecule has 1 aliphatic heterocycles. The topological polar surface area (TPSA) is 45.5 Å². The zero-order valence-corrected chi connectivity index (χ0v) is 14.1. The van der Waals surface area contributed by atoms with Crippen molar-refractivity contribution >= 4 is 0 Å². The van der Waals surface area contributed by atoms with E-state index in [0.29, 0.717) is 0 Å². The van der Waals surface area contributed by atoms with Crippen LogP contribution >= 0.6 is 0 Å². The maximum Gasteiger partial charge on any atom is 0.223 e. The van der Waals surface area contributed by atoms with Gasteiger partial charge in [0.05, 0.1) is 6.20 Å². The summed E-state index contributed by atoms with van der Waals surface area (Å²) in [7, 11) is 0. The highest BCUT2D eigenvalue weighted by Gasteiger charge is 2.18. The number of rotatable bonds is 7. The molecule has 1 aromatic rings. The van der Waals surface area contributed by atoms with Crippen molar-refractivity contribution in [2.75, 3.05) is 13.1 Å². The van der Waals surface area contributed by atoms with E-state index in [1.807, 2.05) is 0 Å². The second-order valence-electron chi connectivity index (χ2n) is 6.75. The third-order valence-corrected chi connectivity index (χ3v) is 4.58. The quantitative estimate of drug-likeness (QED) is 0.786. The molecule has 0 saturated carbocycles. The molecule has 0 aromatic carbocycles. The normalized spacial score (nSPS) is 19.5. The molecule has 2 rings (SSSR count). The number of unbranched alkanes of at least 4 members (excludes halogenated alkanes) is 3. The maximum atomic E-state index is 11.8. The highest BCUT2D eigenvalue weighted by atomic mass is 16.3. The Morgan fingerprint density at radius 1 is 1.32 bits per heavy atom. The van der Waals surface area contributed by atoms with Crippen LogP contribution in [0.1, 0.15) is 58.1 Å². The number of pyridine rings is 1. The molecule has 0 spiro atoms. The predicted molar refractivity (Wildman–Crippen MR) is 90.2 cm³/mol. The Kier molecular flexibility index (Phi) is 6.49. The van der Waals surface area contributed by atoms with E-state index in [2.05, 4.69) is 23.3 Å². The van der Waals surface area contributed by atoms with Crippen molar-refractivity contribution in [3.63, 3.8) is 0 Å². The second-order valence-corrected chi connectivity index (χ2v) is 6.75. The maximum absolute atomic E-state index is 11.8. The van der Waals surface area contributed by atoms with Crippen LogP contribution in [0, 0.1) is 5.92 Å². The molecule has 0 amide bonds. The molecule has 0 aliphatic carbocycles. The Hall–Kier alpha value is -1.29. The van der Waals surface area contributed by atoms with Crippen LogP contribution in [-0.2, 0) is 13.1 Å². The first-order valence-electron chi connectivity index (χ1n) is 8.74. The number of aromatic nitrogens is 1. The molecule has 4 heteroatoms. The number of piperidine rings is 1. The molecule has 2 heterocycles. The number of nitrogens with zero attached hydrogens (tertiary/aromatic N) is 2. The van der Waals surface area contributed by atoms with Gasteiger partial charge >= 0.3 is 0 Å². The van der Waals surface area contributed by atoms with Gasteiger partial charge in [0.2, 0.25) is 5.43 Å². The summed E-state index contributed by atoms with van der Waals surface area (Å²) in [6, 6.07) is 1.62. The molecule has 22 heavy (non-hydrogen) atoms. The largest absolute Gasteiger partial charge is 0.503 e. The van der Waals surface area contributed by atoms with Crippen LogP contribution < -0.4 is 5.43 Å². The van der Waals surface area contributed by atoms with Gasteiger partial charge in [-0.1, -0.05) is 33.1 Å². The Labute approximate surface area is 133 Å². The van der Waals surface area contributed by atoms with Crippen LogP contribution in [0.15, 0.2) is 17.1 Å². The van der Waals surface area contributed by atoms with Crippen molar-refractivity contribution in [2.45, 2.75) is 65.5 Å². The van der Waals surface area contributed by atoms with Gasteiger partial charge in [0.15, 0.2) is 5.75 Å². The lowest BCUT2D eigenvalue weighted by atomic mass is 10.0.